The predicted octanol–water partition coefficient (Wildman–Crippen LogP) is 5.88. The van der Waals surface area contributed by atoms with Crippen molar-refractivity contribution < 1.29 is 0 Å². The molecule has 6 heteroatoms. The minimum Gasteiger partial charge on any atom is -0.258 e. The maximum Gasteiger partial charge on any atom is 0.270 e. The molecule has 0 fully saturated rings. The van der Waals surface area contributed by atoms with Crippen LogP contribution in [0.15, 0.2) is 101 Å². The Morgan fingerprint density at radius 1 is 0.758 bits per heavy atom. The monoisotopic (exact) mass is 422 g/mol. The van der Waals surface area contributed by atoms with Gasteiger partial charge in [0, 0.05) is 16.7 Å². The minimum absolute atomic E-state index is 0.0743. The number of rotatable bonds is 6. The molecule has 0 aliphatic rings. The largest absolute Gasteiger partial charge is 0.270 e. The molecule has 0 radical (unpaired) electrons. The van der Waals surface area contributed by atoms with Crippen LogP contribution >= 0.6 is 0 Å². The van der Waals surface area contributed by atoms with Gasteiger partial charge < -0.3 is 0 Å². The minimum atomic E-state index is -0.227. The Bertz CT molecular complexity index is 1400. The van der Waals surface area contributed by atoms with Crippen molar-refractivity contribution in [2.75, 3.05) is 0 Å². The number of benzene rings is 2. The van der Waals surface area contributed by atoms with E-state index in [-0.39, 0.29) is 33.7 Å². The highest BCUT2D eigenvalue weighted by Gasteiger charge is 2.15. The van der Waals surface area contributed by atoms with Gasteiger partial charge in [0.2, 0.25) is 0 Å². The summed E-state index contributed by atoms with van der Waals surface area (Å²) in [5.41, 5.74) is 1.35. The first-order valence-electron chi connectivity index (χ1n) is 9.38. The zero-order valence-corrected chi connectivity index (χ0v) is 17.2. The van der Waals surface area contributed by atoms with E-state index in [4.69, 9.17) is 18.6 Å². The van der Waals surface area contributed by atoms with Crippen LogP contribution < -0.4 is 0 Å². The molecule has 2 aromatic rings. The van der Waals surface area contributed by atoms with Gasteiger partial charge in [0.1, 0.15) is 0 Å². The van der Waals surface area contributed by atoms with E-state index >= 15 is 0 Å². The third-order valence-corrected chi connectivity index (χ3v) is 4.35. The molecule has 0 bridgehead atoms. The molecular formula is C27H14N6. The second-order valence-corrected chi connectivity index (χ2v) is 6.22. The molecule has 2 rings (SSSR count). The quantitative estimate of drug-likeness (QED) is 0.272. The molecule has 0 aromatic heterocycles. The van der Waals surface area contributed by atoms with Gasteiger partial charge >= 0.3 is 0 Å². The van der Waals surface area contributed by atoms with E-state index in [1.54, 1.807) is 60.7 Å². The average molecular weight is 422 g/mol. The molecule has 1 N–H and O–H groups in total. The second kappa shape index (κ2) is 12.1. The molecule has 0 atom stereocenters. The Morgan fingerprint density at radius 2 is 1.24 bits per heavy atom. The van der Waals surface area contributed by atoms with Crippen molar-refractivity contribution in [3.63, 3.8) is 0 Å². The fraction of sp³-hybridized carbons (Fsp3) is 0. The number of nitriles is 3. The van der Waals surface area contributed by atoms with Gasteiger partial charge in [-0.05, 0) is 29.1 Å². The summed E-state index contributed by atoms with van der Waals surface area (Å²) >= 11 is 0. The Hall–Kier alpha value is -5.70. The van der Waals surface area contributed by atoms with Crippen molar-refractivity contribution in [1.29, 1.82) is 21.2 Å². The SMILES string of the molecule is [C-]#[N+]C(C#N)=C(C(=C=N)C=CC=C(C#N)C(=C(C#N)[N+]#[C-])c1ccccc1)c1ccccc1. The van der Waals surface area contributed by atoms with Crippen molar-refractivity contribution in [2.24, 2.45) is 0 Å². The highest BCUT2D eigenvalue weighted by molar-refractivity contribution is 5.94. The van der Waals surface area contributed by atoms with Gasteiger partial charge in [-0.25, -0.2) is 20.2 Å². The molecule has 0 unspecified atom stereocenters. The summed E-state index contributed by atoms with van der Waals surface area (Å²) in [6.45, 7) is 14.6. The lowest BCUT2D eigenvalue weighted by atomic mass is 9.95. The van der Waals surface area contributed by atoms with Crippen molar-refractivity contribution in [3.05, 3.63) is 135 Å². The van der Waals surface area contributed by atoms with Gasteiger partial charge in [-0.15, -0.1) is 0 Å². The fourth-order valence-electron chi connectivity index (χ4n) is 2.93. The molecule has 0 amide bonds. The molecule has 0 heterocycles. The number of hydrogen-bond acceptors (Lipinski definition) is 4. The third-order valence-electron chi connectivity index (χ3n) is 4.35. The standard InChI is InChI=1S/C27H14N6/c1-32-24(18-30)26(20-10-5-3-6-11-20)22(16-28)14-9-15-23(17-29)27(25(19-31)33-2)21-12-7-4-8-13-21/h3-15,28H. The molecule has 2 aromatic carbocycles. The molecule has 0 spiro atoms. The Kier molecular flexibility index (Phi) is 8.65. The molecule has 152 valence electrons. The average Bonchev–Trinajstić information content (AvgIpc) is 2.88. The molecular weight excluding hydrogens is 408 g/mol. The van der Waals surface area contributed by atoms with Crippen LogP contribution in [0, 0.1) is 52.5 Å². The van der Waals surface area contributed by atoms with Crippen molar-refractivity contribution in [3.8, 4) is 18.2 Å². The van der Waals surface area contributed by atoms with Crippen LogP contribution in [-0.4, -0.2) is 5.87 Å². The van der Waals surface area contributed by atoms with E-state index in [2.05, 4.69) is 15.6 Å². The number of hydrogen-bond donors (Lipinski definition) is 1. The summed E-state index contributed by atoms with van der Waals surface area (Å²) in [6.07, 6.45) is 4.32. The summed E-state index contributed by atoms with van der Waals surface area (Å²) in [6, 6.07) is 23.0. The van der Waals surface area contributed by atoms with Crippen LogP contribution in [0.25, 0.3) is 20.8 Å². The van der Waals surface area contributed by atoms with E-state index in [0.717, 1.165) is 0 Å². The van der Waals surface area contributed by atoms with Crippen LogP contribution in [0.3, 0.4) is 0 Å². The fourth-order valence-corrected chi connectivity index (χ4v) is 2.93. The normalized spacial score (nSPS) is 11.9. The van der Waals surface area contributed by atoms with E-state index in [1.165, 1.54) is 18.2 Å². The van der Waals surface area contributed by atoms with Crippen LogP contribution in [0.5, 0.6) is 0 Å². The third kappa shape index (κ3) is 5.68. The van der Waals surface area contributed by atoms with Gasteiger partial charge in [-0.2, -0.15) is 5.26 Å². The topological polar surface area (TPSA) is 104 Å². The summed E-state index contributed by atoms with van der Waals surface area (Å²) in [7, 11) is 0. The lowest BCUT2D eigenvalue weighted by molar-refractivity contribution is 1.45. The molecule has 0 aliphatic heterocycles. The van der Waals surface area contributed by atoms with Gasteiger partial charge in [0.15, 0.2) is 0 Å². The molecule has 0 saturated carbocycles. The smallest absolute Gasteiger partial charge is 0.258 e. The van der Waals surface area contributed by atoms with Gasteiger partial charge in [0.25, 0.3) is 11.4 Å². The predicted molar refractivity (Wildman–Crippen MR) is 125 cm³/mol. The maximum absolute atomic E-state index is 9.72. The Morgan fingerprint density at radius 3 is 1.67 bits per heavy atom. The number of nitrogens with zero attached hydrogens (tertiary/aromatic N) is 5. The second-order valence-electron chi connectivity index (χ2n) is 6.22. The lowest BCUT2D eigenvalue weighted by Gasteiger charge is -2.08. The lowest BCUT2D eigenvalue weighted by Crippen LogP contribution is -1.93. The van der Waals surface area contributed by atoms with E-state index in [0.29, 0.717) is 11.1 Å². The molecule has 0 aliphatic carbocycles. The van der Waals surface area contributed by atoms with Gasteiger partial charge in [-0.1, -0.05) is 66.7 Å². The Balaban J connectivity index is 2.63. The molecule has 6 nitrogen and oxygen atoms in total. The maximum atomic E-state index is 9.72. The van der Waals surface area contributed by atoms with Crippen molar-refractivity contribution >= 4 is 17.0 Å². The van der Waals surface area contributed by atoms with E-state index < -0.39 is 0 Å². The van der Waals surface area contributed by atoms with E-state index in [9.17, 15) is 15.8 Å². The first-order chi connectivity index (χ1) is 16.1. The summed E-state index contributed by atoms with van der Waals surface area (Å²) in [4.78, 5) is 6.52. The van der Waals surface area contributed by atoms with Gasteiger partial charge in [0.05, 0.1) is 36.9 Å². The summed E-state index contributed by atoms with van der Waals surface area (Å²) in [5, 5.41) is 36.2. The first-order valence-corrected chi connectivity index (χ1v) is 9.38. The number of allylic oxidation sites excluding steroid dienone is 9. The zero-order chi connectivity index (χ0) is 24.1. The van der Waals surface area contributed by atoms with Crippen LogP contribution in [0.1, 0.15) is 11.1 Å². The van der Waals surface area contributed by atoms with Crippen molar-refractivity contribution in [2.45, 2.75) is 0 Å². The Labute approximate surface area is 192 Å². The molecule has 0 saturated heterocycles. The highest BCUT2D eigenvalue weighted by atomic mass is 14.7. The zero-order valence-electron chi connectivity index (χ0n) is 17.2. The van der Waals surface area contributed by atoms with Crippen LogP contribution in [0.2, 0.25) is 0 Å². The van der Waals surface area contributed by atoms with Gasteiger partial charge in [-0.3, -0.25) is 5.41 Å². The van der Waals surface area contributed by atoms with Crippen LogP contribution in [0.4, 0.5) is 0 Å². The van der Waals surface area contributed by atoms with Crippen LogP contribution in [-0.2, 0) is 0 Å². The molecule has 33 heavy (non-hydrogen) atoms. The highest BCUT2D eigenvalue weighted by Crippen LogP contribution is 2.29. The van der Waals surface area contributed by atoms with Crippen molar-refractivity contribution in [1.82, 2.24) is 0 Å². The van der Waals surface area contributed by atoms with E-state index in [1.807, 2.05) is 18.2 Å². The first kappa shape index (κ1) is 23.6. The summed E-state index contributed by atoms with van der Waals surface area (Å²) in [5.74, 6) is 2.25. The number of nitrogens with one attached hydrogen (secondary N) is 1. The summed E-state index contributed by atoms with van der Waals surface area (Å²) < 4.78 is 0.